The molecule has 2 aromatic rings. The van der Waals surface area contributed by atoms with Crippen LogP contribution in [0.1, 0.15) is 15.9 Å². The van der Waals surface area contributed by atoms with Gasteiger partial charge in [-0.05, 0) is 42.9 Å². The molecule has 1 N–H and O–H groups in total. The Balaban J connectivity index is 1.53. The number of pyridine rings is 1. The first-order chi connectivity index (χ1) is 12.5. The van der Waals surface area contributed by atoms with Gasteiger partial charge in [0.25, 0.3) is 5.91 Å². The van der Waals surface area contributed by atoms with E-state index >= 15 is 0 Å². The Labute approximate surface area is 155 Å². The first-order valence-corrected chi connectivity index (χ1v) is 8.97. The van der Waals surface area contributed by atoms with Crippen molar-refractivity contribution in [2.75, 3.05) is 57.1 Å². The number of hydrogen-bond donors (Lipinski definition) is 1. The molecule has 6 nitrogen and oxygen atoms in total. The molecule has 1 saturated heterocycles. The predicted octanol–water partition coefficient (Wildman–Crippen LogP) is 1.83. The monoisotopic (exact) mass is 353 g/mol. The van der Waals surface area contributed by atoms with Crippen molar-refractivity contribution >= 4 is 17.4 Å². The zero-order valence-corrected chi connectivity index (χ0v) is 15.8. The summed E-state index contributed by atoms with van der Waals surface area (Å²) in [7, 11) is 6.10. The van der Waals surface area contributed by atoms with E-state index in [2.05, 4.69) is 27.1 Å². The van der Waals surface area contributed by atoms with E-state index in [1.807, 2.05) is 61.6 Å². The number of aromatic nitrogens is 1. The number of nitrogens with one attached hydrogen (secondary N) is 1. The molecule has 0 atom stereocenters. The lowest BCUT2D eigenvalue weighted by atomic mass is 10.2. The lowest BCUT2D eigenvalue weighted by molar-refractivity contribution is 0.0951. The van der Waals surface area contributed by atoms with E-state index in [9.17, 15) is 4.79 Å². The third-order valence-electron chi connectivity index (χ3n) is 4.74. The molecule has 0 radical (unpaired) electrons. The molecule has 2 heterocycles. The molecule has 0 bridgehead atoms. The van der Waals surface area contributed by atoms with Crippen LogP contribution in [0.4, 0.5) is 11.5 Å². The number of piperazine rings is 1. The molecule has 26 heavy (non-hydrogen) atoms. The average Bonchev–Trinajstić information content (AvgIpc) is 2.67. The number of amides is 1. The highest BCUT2D eigenvalue weighted by Gasteiger charge is 2.15. The second kappa shape index (κ2) is 8.19. The summed E-state index contributed by atoms with van der Waals surface area (Å²) in [4.78, 5) is 23.5. The van der Waals surface area contributed by atoms with Gasteiger partial charge >= 0.3 is 0 Å². The minimum Gasteiger partial charge on any atom is -0.378 e. The largest absolute Gasteiger partial charge is 0.378 e. The van der Waals surface area contributed by atoms with Crippen molar-refractivity contribution in [3.63, 3.8) is 0 Å². The Morgan fingerprint density at radius 2 is 1.77 bits per heavy atom. The Morgan fingerprint density at radius 3 is 2.35 bits per heavy atom. The van der Waals surface area contributed by atoms with Gasteiger partial charge in [0.15, 0.2) is 0 Å². The van der Waals surface area contributed by atoms with Crippen LogP contribution in [0.2, 0.25) is 0 Å². The second-order valence-electron chi connectivity index (χ2n) is 6.94. The molecule has 0 unspecified atom stereocenters. The van der Waals surface area contributed by atoms with Crippen LogP contribution in [-0.2, 0) is 6.54 Å². The lowest BCUT2D eigenvalue weighted by Crippen LogP contribution is -2.44. The quantitative estimate of drug-likeness (QED) is 0.889. The molecule has 1 amide bonds. The lowest BCUT2D eigenvalue weighted by Gasteiger charge is -2.33. The van der Waals surface area contributed by atoms with Crippen LogP contribution in [0.5, 0.6) is 0 Å². The third-order valence-corrected chi connectivity index (χ3v) is 4.74. The van der Waals surface area contributed by atoms with Gasteiger partial charge in [-0.1, -0.05) is 6.07 Å². The number of rotatable bonds is 5. The fraction of sp³-hybridized carbons (Fsp3) is 0.400. The van der Waals surface area contributed by atoms with Gasteiger partial charge in [0.2, 0.25) is 0 Å². The molecule has 1 aromatic carbocycles. The van der Waals surface area contributed by atoms with Crippen LogP contribution in [0.25, 0.3) is 0 Å². The minimum absolute atomic E-state index is 0.0709. The summed E-state index contributed by atoms with van der Waals surface area (Å²) in [6.07, 6.45) is 1.85. The van der Waals surface area contributed by atoms with Crippen molar-refractivity contribution < 1.29 is 4.79 Å². The number of benzene rings is 1. The number of hydrogen-bond acceptors (Lipinski definition) is 5. The highest BCUT2D eigenvalue weighted by molar-refractivity contribution is 5.94. The zero-order chi connectivity index (χ0) is 18.5. The molecule has 0 spiro atoms. The summed E-state index contributed by atoms with van der Waals surface area (Å²) in [5.41, 5.74) is 2.74. The number of likely N-dealkylation sites (N-methyl/N-ethyl adjacent to an activating group) is 1. The molecular weight excluding hydrogens is 326 g/mol. The highest BCUT2D eigenvalue weighted by Crippen LogP contribution is 2.14. The Hall–Kier alpha value is -2.60. The van der Waals surface area contributed by atoms with Gasteiger partial charge in [-0.15, -0.1) is 0 Å². The van der Waals surface area contributed by atoms with E-state index in [1.54, 1.807) is 0 Å². The van der Waals surface area contributed by atoms with Gasteiger partial charge in [-0.25, -0.2) is 4.98 Å². The van der Waals surface area contributed by atoms with E-state index in [0.717, 1.165) is 43.2 Å². The summed E-state index contributed by atoms with van der Waals surface area (Å²) in [5.74, 6) is 0.936. The first kappa shape index (κ1) is 18.2. The molecule has 1 fully saturated rings. The van der Waals surface area contributed by atoms with Crippen LogP contribution < -0.4 is 15.1 Å². The SMILES string of the molecule is CN1CCN(c2ccc(CNC(=O)c3ccc(N(C)C)cc3)cn2)CC1. The fourth-order valence-corrected chi connectivity index (χ4v) is 2.94. The van der Waals surface area contributed by atoms with E-state index in [0.29, 0.717) is 12.1 Å². The first-order valence-electron chi connectivity index (χ1n) is 8.97. The van der Waals surface area contributed by atoms with Gasteiger partial charge in [0.1, 0.15) is 5.82 Å². The zero-order valence-electron chi connectivity index (χ0n) is 15.8. The molecule has 1 aliphatic rings. The highest BCUT2D eigenvalue weighted by atomic mass is 16.1. The predicted molar refractivity (Wildman–Crippen MR) is 106 cm³/mol. The van der Waals surface area contributed by atoms with Crippen molar-refractivity contribution in [1.82, 2.24) is 15.2 Å². The smallest absolute Gasteiger partial charge is 0.251 e. The fourth-order valence-electron chi connectivity index (χ4n) is 2.94. The number of carbonyl (C=O) groups excluding carboxylic acids is 1. The van der Waals surface area contributed by atoms with E-state index in [4.69, 9.17) is 0 Å². The molecule has 138 valence electrons. The maximum atomic E-state index is 12.3. The van der Waals surface area contributed by atoms with E-state index < -0.39 is 0 Å². The molecule has 3 rings (SSSR count). The minimum atomic E-state index is -0.0709. The van der Waals surface area contributed by atoms with Gasteiger partial charge in [0.05, 0.1) is 0 Å². The molecule has 0 saturated carbocycles. The molecule has 6 heteroatoms. The van der Waals surface area contributed by atoms with Crippen molar-refractivity contribution in [2.45, 2.75) is 6.54 Å². The molecule has 1 aliphatic heterocycles. The van der Waals surface area contributed by atoms with E-state index in [1.165, 1.54) is 0 Å². The van der Waals surface area contributed by atoms with Crippen molar-refractivity contribution in [3.05, 3.63) is 53.7 Å². The van der Waals surface area contributed by atoms with Gasteiger partial charge in [-0.3, -0.25) is 4.79 Å². The number of nitrogens with zero attached hydrogens (tertiary/aromatic N) is 4. The van der Waals surface area contributed by atoms with Crippen LogP contribution in [-0.4, -0.2) is 63.1 Å². The maximum Gasteiger partial charge on any atom is 0.251 e. The van der Waals surface area contributed by atoms with E-state index in [-0.39, 0.29) is 5.91 Å². The summed E-state index contributed by atoms with van der Waals surface area (Å²) < 4.78 is 0. The molecular formula is C20H27N5O. The van der Waals surface area contributed by atoms with Crippen molar-refractivity contribution in [3.8, 4) is 0 Å². The Morgan fingerprint density at radius 1 is 1.08 bits per heavy atom. The Bertz CT molecular complexity index is 719. The summed E-state index contributed by atoms with van der Waals surface area (Å²) >= 11 is 0. The van der Waals surface area contributed by atoms with Crippen molar-refractivity contribution in [2.24, 2.45) is 0 Å². The van der Waals surface area contributed by atoms with Gasteiger partial charge in [-0.2, -0.15) is 0 Å². The third kappa shape index (κ3) is 4.52. The average molecular weight is 353 g/mol. The topological polar surface area (TPSA) is 51.7 Å². The molecule has 1 aromatic heterocycles. The van der Waals surface area contributed by atoms with Gasteiger partial charge < -0.3 is 20.0 Å². The summed E-state index contributed by atoms with van der Waals surface area (Å²) in [5, 5.41) is 2.96. The van der Waals surface area contributed by atoms with Crippen molar-refractivity contribution in [1.29, 1.82) is 0 Å². The standard InChI is InChI=1S/C20H27N5O/c1-23(2)18-7-5-17(6-8-18)20(26)22-15-16-4-9-19(21-14-16)25-12-10-24(3)11-13-25/h4-9,14H,10-13,15H2,1-3H3,(H,22,26). The van der Waals surface area contributed by atoms with Crippen LogP contribution in [0.3, 0.4) is 0 Å². The number of carbonyl (C=O) groups is 1. The normalized spacial score (nSPS) is 15.0. The van der Waals surface area contributed by atoms with Gasteiger partial charge in [0, 0.05) is 64.3 Å². The number of anilines is 2. The maximum absolute atomic E-state index is 12.3. The summed E-state index contributed by atoms with van der Waals surface area (Å²) in [6, 6.07) is 11.7. The second-order valence-corrected chi connectivity index (χ2v) is 6.94. The van der Waals surface area contributed by atoms with Crippen LogP contribution in [0, 0.1) is 0 Å². The Kier molecular flexibility index (Phi) is 5.73. The van der Waals surface area contributed by atoms with Crippen LogP contribution in [0.15, 0.2) is 42.6 Å². The molecule has 0 aliphatic carbocycles. The summed E-state index contributed by atoms with van der Waals surface area (Å²) in [6.45, 7) is 4.60. The van der Waals surface area contributed by atoms with Crippen LogP contribution >= 0.6 is 0 Å².